The van der Waals surface area contributed by atoms with Crippen LogP contribution < -0.4 is 0 Å². The third kappa shape index (κ3) is 0.589. The zero-order valence-corrected chi connectivity index (χ0v) is 5.69. The second-order valence-corrected chi connectivity index (χ2v) is 3.75. The molecule has 0 aromatic heterocycles. The minimum Gasteiger partial charge on any atom is -0.123 e. The van der Waals surface area contributed by atoms with Crippen molar-refractivity contribution in [2.24, 2.45) is 11.8 Å². The molecule has 46 valence electrons. The fourth-order valence-electron chi connectivity index (χ4n) is 2.17. The van der Waals surface area contributed by atoms with Gasteiger partial charge in [0, 0.05) is 5.38 Å². The van der Waals surface area contributed by atoms with Crippen LogP contribution in [0.4, 0.5) is 0 Å². The molecule has 0 spiro atoms. The molecule has 3 atom stereocenters. The van der Waals surface area contributed by atoms with E-state index in [-0.39, 0.29) is 0 Å². The van der Waals surface area contributed by atoms with E-state index in [4.69, 9.17) is 11.6 Å². The quantitative estimate of drug-likeness (QED) is 0.442. The Balaban J connectivity index is 2.11. The fraction of sp³-hybridized carbons (Fsp3) is 1.00. The Morgan fingerprint density at radius 2 is 2.00 bits per heavy atom. The second kappa shape index (κ2) is 1.63. The molecule has 0 amide bonds. The minimum absolute atomic E-state index is 0.550. The van der Waals surface area contributed by atoms with Gasteiger partial charge in [0.25, 0.3) is 0 Å². The van der Waals surface area contributed by atoms with Crippen molar-refractivity contribution < 1.29 is 0 Å². The van der Waals surface area contributed by atoms with Gasteiger partial charge in [-0.3, -0.25) is 0 Å². The molecule has 2 aliphatic carbocycles. The zero-order chi connectivity index (χ0) is 5.56. The average molecular weight is 131 g/mol. The van der Waals surface area contributed by atoms with Crippen LogP contribution in [0.15, 0.2) is 0 Å². The zero-order valence-electron chi connectivity index (χ0n) is 4.94. The Morgan fingerprint density at radius 3 is 2.25 bits per heavy atom. The largest absolute Gasteiger partial charge is 0.123 e. The molecule has 0 aromatic rings. The van der Waals surface area contributed by atoms with Crippen LogP contribution in [0.5, 0.6) is 0 Å². The summed E-state index contributed by atoms with van der Waals surface area (Å²) in [6.45, 7) is 0. The highest BCUT2D eigenvalue weighted by Gasteiger charge is 2.38. The lowest BCUT2D eigenvalue weighted by molar-refractivity contribution is 0.487. The maximum atomic E-state index is 6.01. The standard InChI is InChI=1S/C7H11Cl/c8-7-4-5-1-2-6(7)3-5/h5-7H,1-4H2/t5-,6+,7+/m0/s1. The third-order valence-corrected chi connectivity index (χ3v) is 3.19. The predicted octanol–water partition coefficient (Wildman–Crippen LogP) is 2.41. The number of rotatable bonds is 0. The lowest BCUT2D eigenvalue weighted by atomic mass is 10.0. The molecule has 1 heteroatoms. The van der Waals surface area contributed by atoms with E-state index in [0.717, 1.165) is 11.8 Å². The summed E-state index contributed by atoms with van der Waals surface area (Å²) >= 11 is 6.01. The second-order valence-electron chi connectivity index (χ2n) is 3.19. The molecule has 2 rings (SSSR count). The molecule has 0 aromatic carbocycles. The van der Waals surface area contributed by atoms with Crippen LogP contribution >= 0.6 is 11.6 Å². The van der Waals surface area contributed by atoms with Crippen LogP contribution in [-0.2, 0) is 0 Å². The Morgan fingerprint density at radius 1 is 1.12 bits per heavy atom. The maximum Gasteiger partial charge on any atom is 0.0367 e. The van der Waals surface area contributed by atoms with Gasteiger partial charge in [0.2, 0.25) is 0 Å². The Labute approximate surface area is 55.2 Å². The van der Waals surface area contributed by atoms with E-state index in [9.17, 15) is 0 Å². The molecule has 2 aliphatic rings. The molecule has 0 heterocycles. The summed E-state index contributed by atoms with van der Waals surface area (Å²) < 4.78 is 0. The molecular formula is C7H11Cl. The first-order valence-corrected chi connectivity index (χ1v) is 3.94. The van der Waals surface area contributed by atoms with E-state index in [1.165, 1.54) is 25.7 Å². The summed E-state index contributed by atoms with van der Waals surface area (Å²) in [6.07, 6.45) is 5.63. The third-order valence-electron chi connectivity index (χ3n) is 2.65. The number of hydrogen-bond donors (Lipinski definition) is 0. The van der Waals surface area contributed by atoms with Gasteiger partial charge in [-0.1, -0.05) is 6.42 Å². The topological polar surface area (TPSA) is 0 Å². The number of halogens is 1. The highest BCUT2D eigenvalue weighted by Crippen LogP contribution is 2.46. The van der Waals surface area contributed by atoms with E-state index in [0.29, 0.717) is 5.38 Å². The summed E-state index contributed by atoms with van der Waals surface area (Å²) in [4.78, 5) is 0. The van der Waals surface area contributed by atoms with E-state index in [2.05, 4.69) is 0 Å². The van der Waals surface area contributed by atoms with Crippen molar-refractivity contribution in [3.8, 4) is 0 Å². The van der Waals surface area contributed by atoms with Gasteiger partial charge in [-0.25, -0.2) is 0 Å². The number of hydrogen-bond acceptors (Lipinski definition) is 0. The molecule has 0 radical (unpaired) electrons. The van der Waals surface area contributed by atoms with Crippen molar-refractivity contribution in [2.45, 2.75) is 31.1 Å². The monoisotopic (exact) mass is 130 g/mol. The van der Waals surface area contributed by atoms with Crippen molar-refractivity contribution in [1.82, 2.24) is 0 Å². The van der Waals surface area contributed by atoms with Gasteiger partial charge in [-0.05, 0) is 31.1 Å². The van der Waals surface area contributed by atoms with Crippen molar-refractivity contribution in [3.05, 3.63) is 0 Å². The van der Waals surface area contributed by atoms with Crippen molar-refractivity contribution in [2.75, 3.05) is 0 Å². The first kappa shape index (κ1) is 5.10. The first-order valence-electron chi connectivity index (χ1n) is 3.50. The van der Waals surface area contributed by atoms with E-state index < -0.39 is 0 Å². The van der Waals surface area contributed by atoms with Gasteiger partial charge in [-0.2, -0.15) is 0 Å². The molecular weight excluding hydrogens is 120 g/mol. The smallest absolute Gasteiger partial charge is 0.0367 e. The van der Waals surface area contributed by atoms with Crippen molar-refractivity contribution in [3.63, 3.8) is 0 Å². The Bertz CT molecular complexity index is 98.6. The first-order chi connectivity index (χ1) is 3.86. The normalized spacial score (nSPS) is 52.9. The van der Waals surface area contributed by atoms with Gasteiger partial charge in [0.05, 0.1) is 0 Å². The Hall–Kier alpha value is 0.290. The van der Waals surface area contributed by atoms with Crippen molar-refractivity contribution >= 4 is 11.6 Å². The average Bonchev–Trinajstić information content (AvgIpc) is 2.23. The highest BCUT2D eigenvalue weighted by molar-refractivity contribution is 6.21. The number of alkyl halides is 1. The van der Waals surface area contributed by atoms with Gasteiger partial charge in [0.1, 0.15) is 0 Å². The van der Waals surface area contributed by atoms with E-state index in [1.54, 1.807) is 0 Å². The highest BCUT2D eigenvalue weighted by atomic mass is 35.5. The van der Waals surface area contributed by atoms with Crippen LogP contribution in [0.2, 0.25) is 0 Å². The minimum atomic E-state index is 0.550. The molecule has 2 fully saturated rings. The molecule has 0 N–H and O–H groups in total. The molecule has 2 saturated carbocycles. The molecule has 8 heavy (non-hydrogen) atoms. The van der Waals surface area contributed by atoms with Gasteiger partial charge < -0.3 is 0 Å². The molecule has 0 aliphatic heterocycles. The van der Waals surface area contributed by atoms with Crippen LogP contribution in [0.1, 0.15) is 25.7 Å². The SMILES string of the molecule is Cl[C@@H]1C[C@H]2CC[C@@H]1C2. The maximum absolute atomic E-state index is 6.01. The summed E-state index contributed by atoms with van der Waals surface area (Å²) in [6, 6.07) is 0. The summed E-state index contributed by atoms with van der Waals surface area (Å²) in [5.74, 6) is 1.92. The van der Waals surface area contributed by atoms with Gasteiger partial charge >= 0.3 is 0 Å². The molecule has 0 saturated heterocycles. The van der Waals surface area contributed by atoms with Crippen LogP contribution in [-0.4, -0.2) is 5.38 Å². The molecule has 0 unspecified atom stereocenters. The van der Waals surface area contributed by atoms with Crippen LogP contribution in [0, 0.1) is 11.8 Å². The molecule has 2 bridgehead atoms. The van der Waals surface area contributed by atoms with Gasteiger partial charge in [-0.15, -0.1) is 11.6 Å². The van der Waals surface area contributed by atoms with Crippen molar-refractivity contribution in [1.29, 1.82) is 0 Å². The van der Waals surface area contributed by atoms with Gasteiger partial charge in [0.15, 0.2) is 0 Å². The van der Waals surface area contributed by atoms with Crippen LogP contribution in [0.25, 0.3) is 0 Å². The molecule has 0 nitrogen and oxygen atoms in total. The fourth-order valence-corrected chi connectivity index (χ4v) is 2.65. The lowest BCUT2D eigenvalue weighted by Gasteiger charge is -2.13. The van der Waals surface area contributed by atoms with Crippen LogP contribution in [0.3, 0.4) is 0 Å². The Kier molecular flexibility index (Phi) is 1.04. The number of fused-ring (bicyclic) bond motifs is 2. The van der Waals surface area contributed by atoms with E-state index >= 15 is 0 Å². The summed E-state index contributed by atoms with van der Waals surface area (Å²) in [5.41, 5.74) is 0. The lowest BCUT2D eigenvalue weighted by Crippen LogP contribution is -2.08. The summed E-state index contributed by atoms with van der Waals surface area (Å²) in [5, 5.41) is 0.550. The van der Waals surface area contributed by atoms with E-state index in [1.807, 2.05) is 0 Å². The predicted molar refractivity (Wildman–Crippen MR) is 35.1 cm³/mol. The summed E-state index contributed by atoms with van der Waals surface area (Å²) in [7, 11) is 0.